The maximum atomic E-state index is 12.4. The van der Waals surface area contributed by atoms with E-state index in [0.29, 0.717) is 11.1 Å². The Bertz CT molecular complexity index is 614. The van der Waals surface area contributed by atoms with Crippen LogP contribution >= 0.6 is 10.7 Å². The van der Waals surface area contributed by atoms with Crippen LogP contribution in [0.25, 0.3) is 0 Å². The van der Waals surface area contributed by atoms with E-state index in [2.05, 4.69) is 5.32 Å². The predicted molar refractivity (Wildman–Crippen MR) is 85.3 cm³/mol. The van der Waals surface area contributed by atoms with Crippen molar-refractivity contribution in [1.29, 1.82) is 0 Å². The Kier molecular flexibility index (Phi) is 5.82. The van der Waals surface area contributed by atoms with Gasteiger partial charge in [-0.2, -0.15) is 0 Å². The lowest BCUT2D eigenvalue weighted by Crippen LogP contribution is -2.47. The number of benzene rings is 1. The first-order valence-corrected chi connectivity index (χ1v) is 9.38. The standard InChI is InChI=1S/C15H22ClNO3S/c1-5-15(6-2,7-3)17-14(18)13-9-8-12(10-11(13)4)21(16,19)20/h8-10H,5-7H2,1-4H3,(H,17,18). The average molecular weight is 332 g/mol. The molecule has 6 heteroatoms. The summed E-state index contributed by atoms with van der Waals surface area (Å²) in [6, 6.07) is 4.28. The first kappa shape index (κ1) is 18.0. The lowest BCUT2D eigenvalue weighted by molar-refractivity contribution is 0.0887. The van der Waals surface area contributed by atoms with Gasteiger partial charge in [-0.3, -0.25) is 4.79 Å². The average Bonchev–Trinajstić information content (AvgIpc) is 2.43. The molecule has 0 radical (unpaired) electrons. The number of hydrogen-bond acceptors (Lipinski definition) is 3. The summed E-state index contributed by atoms with van der Waals surface area (Å²) >= 11 is 0. The smallest absolute Gasteiger partial charge is 0.261 e. The molecule has 0 heterocycles. The van der Waals surface area contributed by atoms with Gasteiger partial charge in [0.05, 0.1) is 4.90 Å². The molecule has 0 aliphatic carbocycles. The Hall–Kier alpha value is -1.07. The molecule has 0 bridgehead atoms. The summed E-state index contributed by atoms with van der Waals surface area (Å²) in [5, 5.41) is 3.07. The molecule has 0 saturated heterocycles. The number of carbonyl (C=O) groups is 1. The van der Waals surface area contributed by atoms with Gasteiger partial charge in [-0.15, -0.1) is 0 Å². The Morgan fingerprint density at radius 1 is 1.19 bits per heavy atom. The van der Waals surface area contributed by atoms with Crippen LogP contribution < -0.4 is 5.32 Å². The number of rotatable bonds is 6. The normalized spacial score (nSPS) is 12.2. The van der Waals surface area contributed by atoms with Gasteiger partial charge >= 0.3 is 0 Å². The molecule has 1 amide bonds. The molecule has 0 spiro atoms. The Morgan fingerprint density at radius 2 is 1.71 bits per heavy atom. The van der Waals surface area contributed by atoms with E-state index < -0.39 is 9.05 Å². The third kappa shape index (κ3) is 4.20. The van der Waals surface area contributed by atoms with E-state index >= 15 is 0 Å². The molecule has 0 saturated carbocycles. The minimum Gasteiger partial charge on any atom is -0.347 e. The van der Waals surface area contributed by atoms with Crippen molar-refractivity contribution < 1.29 is 13.2 Å². The number of halogens is 1. The van der Waals surface area contributed by atoms with Gasteiger partial charge in [-0.25, -0.2) is 8.42 Å². The summed E-state index contributed by atoms with van der Waals surface area (Å²) in [6.45, 7) is 7.84. The molecule has 1 aromatic rings. The fourth-order valence-corrected chi connectivity index (χ4v) is 3.20. The number of amides is 1. The first-order valence-electron chi connectivity index (χ1n) is 7.07. The molecule has 118 valence electrons. The Labute approximate surface area is 131 Å². The summed E-state index contributed by atoms with van der Waals surface area (Å²) < 4.78 is 22.6. The van der Waals surface area contributed by atoms with Crippen LogP contribution in [-0.2, 0) is 9.05 Å². The molecule has 4 nitrogen and oxygen atoms in total. The largest absolute Gasteiger partial charge is 0.347 e. The highest BCUT2D eigenvalue weighted by atomic mass is 35.7. The van der Waals surface area contributed by atoms with Crippen LogP contribution in [0.3, 0.4) is 0 Å². The van der Waals surface area contributed by atoms with Crippen LogP contribution in [-0.4, -0.2) is 19.9 Å². The van der Waals surface area contributed by atoms with Gasteiger partial charge < -0.3 is 5.32 Å². The Balaban J connectivity index is 3.09. The number of carbonyl (C=O) groups excluding carboxylic acids is 1. The van der Waals surface area contributed by atoms with Gasteiger partial charge in [0.1, 0.15) is 0 Å². The molecule has 0 aromatic heterocycles. The van der Waals surface area contributed by atoms with Crippen molar-refractivity contribution in [2.75, 3.05) is 0 Å². The van der Waals surface area contributed by atoms with Crippen LogP contribution in [0.2, 0.25) is 0 Å². The molecule has 0 aliphatic heterocycles. The zero-order chi connectivity index (χ0) is 16.3. The Morgan fingerprint density at radius 3 is 2.10 bits per heavy atom. The van der Waals surface area contributed by atoms with Crippen molar-refractivity contribution >= 4 is 25.6 Å². The summed E-state index contributed by atoms with van der Waals surface area (Å²) in [5.41, 5.74) is 0.839. The summed E-state index contributed by atoms with van der Waals surface area (Å²) in [5.74, 6) is -0.184. The van der Waals surface area contributed by atoms with Crippen molar-refractivity contribution in [3.8, 4) is 0 Å². The third-order valence-electron chi connectivity index (χ3n) is 4.13. The third-order valence-corrected chi connectivity index (χ3v) is 5.48. The molecule has 1 aromatic carbocycles. The second kappa shape index (κ2) is 6.79. The zero-order valence-corrected chi connectivity index (χ0v) is 14.4. The number of hydrogen-bond donors (Lipinski definition) is 1. The quantitative estimate of drug-likeness (QED) is 0.810. The second-order valence-corrected chi connectivity index (χ2v) is 7.78. The molecule has 0 fully saturated rings. The number of aryl methyl sites for hydroxylation is 1. The molecular formula is C15H22ClNO3S. The van der Waals surface area contributed by atoms with E-state index in [4.69, 9.17) is 10.7 Å². The topological polar surface area (TPSA) is 63.2 Å². The van der Waals surface area contributed by atoms with Crippen molar-refractivity contribution in [3.63, 3.8) is 0 Å². The second-order valence-electron chi connectivity index (χ2n) is 5.21. The van der Waals surface area contributed by atoms with E-state index in [1.807, 2.05) is 20.8 Å². The van der Waals surface area contributed by atoms with Gasteiger partial charge in [-0.1, -0.05) is 20.8 Å². The van der Waals surface area contributed by atoms with Crippen molar-refractivity contribution in [3.05, 3.63) is 29.3 Å². The van der Waals surface area contributed by atoms with Gasteiger partial charge in [0.25, 0.3) is 15.0 Å². The molecule has 0 atom stereocenters. The fourth-order valence-electron chi connectivity index (χ4n) is 2.37. The predicted octanol–water partition coefficient (Wildman–Crippen LogP) is 3.62. The highest BCUT2D eigenvalue weighted by Gasteiger charge is 2.27. The van der Waals surface area contributed by atoms with E-state index in [1.165, 1.54) is 18.2 Å². The van der Waals surface area contributed by atoms with Gasteiger partial charge in [0.2, 0.25) is 0 Å². The van der Waals surface area contributed by atoms with E-state index in [1.54, 1.807) is 6.92 Å². The van der Waals surface area contributed by atoms with Crippen LogP contribution in [0.15, 0.2) is 23.1 Å². The minimum atomic E-state index is -3.78. The molecular weight excluding hydrogens is 310 g/mol. The minimum absolute atomic E-state index is 0.00551. The summed E-state index contributed by atoms with van der Waals surface area (Å²) in [4.78, 5) is 12.4. The highest BCUT2D eigenvalue weighted by Crippen LogP contribution is 2.22. The van der Waals surface area contributed by atoms with Gasteiger partial charge in [-0.05, 0) is 49.9 Å². The monoisotopic (exact) mass is 331 g/mol. The van der Waals surface area contributed by atoms with Crippen LogP contribution in [0.5, 0.6) is 0 Å². The molecule has 0 unspecified atom stereocenters. The summed E-state index contributed by atoms with van der Waals surface area (Å²) in [6.07, 6.45) is 2.54. The first-order chi connectivity index (χ1) is 9.69. The van der Waals surface area contributed by atoms with E-state index in [-0.39, 0.29) is 16.3 Å². The zero-order valence-electron chi connectivity index (χ0n) is 12.9. The van der Waals surface area contributed by atoms with Crippen LogP contribution in [0, 0.1) is 6.92 Å². The van der Waals surface area contributed by atoms with Crippen LogP contribution in [0.1, 0.15) is 56.0 Å². The fraction of sp³-hybridized carbons (Fsp3) is 0.533. The number of nitrogens with one attached hydrogen (secondary N) is 1. The molecule has 1 rings (SSSR count). The maximum absolute atomic E-state index is 12.4. The van der Waals surface area contributed by atoms with E-state index in [9.17, 15) is 13.2 Å². The lowest BCUT2D eigenvalue weighted by atomic mass is 9.89. The molecule has 1 N–H and O–H groups in total. The van der Waals surface area contributed by atoms with E-state index in [0.717, 1.165) is 19.3 Å². The van der Waals surface area contributed by atoms with Crippen LogP contribution in [0.4, 0.5) is 0 Å². The maximum Gasteiger partial charge on any atom is 0.261 e. The van der Waals surface area contributed by atoms with Crippen molar-refractivity contribution in [2.45, 2.75) is 57.4 Å². The van der Waals surface area contributed by atoms with Crippen molar-refractivity contribution in [2.24, 2.45) is 0 Å². The van der Waals surface area contributed by atoms with Gasteiger partial charge in [0, 0.05) is 21.8 Å². The SMILES string of the molecule is CCC(CC)(CC)NC(=O)c1ccc(S(=O)(=O)Cl)cc1C. The highest BCUT2D eigenvalue weighted by molar-refractivity contribution is 8.13. The summed E-state index contributed by atoms with van der Waals surface area (Å²) in [7, 11) is 1.53. The van der Waals surface area contributed by atoms with Gasteiger partial charge in [0.15, 0.2) is 0 Å². The lowest BCUT2D eigenvalue weighted by Gasteiger charge is -2.32. The molecule has 21 heavy (non-hydrogen) atoms. The van der Waals surface area contributed by atoms with Crippen molar-refractivity contribution in [1.82, 2.24) is 5.32 Å². The molecule has 0 aliphatic rings.